The van der Waals surface area contributed by atoms with Crippen molar-refractivity contribution in [2.24, 2.45) is 0 Å². The van der Waals surface area contributed by atoms with E-state index < -0.39 is 11.5 Å². The average Bonchev–Trinajstić information content (AvgIpc) is 2.24. The maximum absolute atomic E-state index is 13.2. The van der Waals surface area contributed by atoms with Gasteiger partial charge in [-0.2, -0.15) is 0 Å². The van der Waals surface area contributed by atoms with Gasteiger partial charge in [0.1, 0.15) is 5.82 Å². The highest BCUT2D eigenvalue weighted by atomic mass is 19.1. The molecule has 0 radical (unpaired) electrons. The van der Waals surface area contributed by atoms with Gasteiger partial charge in [0.2, 0.25) is 0 Å². The Morgan fingerprint density at radius 1 is 1.35 bits per heavy atom. The Balaban J connectivity index is 2.55. The molecular weight excluding hydrogens is 221 g/mol. The van der Waals surface area contributed by atoms with Gasteiger partial charge in [-0.3, -0.25) is 9.63 Å². The summed E-state index contributed by atoms with van der Waals surface area (Å²) in [7, 11) is 0. The Hall–Kier alpha value is -1.68. The average molecular weight is 237 g/mol. The highest BCUT2D eigenvalue weighted by molar-refractivity contribution is 5.90. The lowest BCUT2D eigenvalue weighted by atomic mass is 10.2. The highest BCUT2D eigenvalue weighted by Crippen LogP contribution is 2.08. The predicted octanol–water partition coefficient (Wildman–Crippen LogP) is 2.69. The fraction of sp³-hybridized carbons (Fsp3) is 0.308. The van der Waals surface area contributed by atoms with Crippen molar-refractivity contribution in [2.75, 3.05) is 0 Å². The number of nitrogens with one attached hydrogen (secondary N) is 1. The zero-order chi connectivity index (χ0) is 12.9. The summed E-state index contributed by atoms with van der Waals surface area (Å²) in [6.45, 7) is 5.44. The molecular formula is C13H16FNO2. The maximum Gasteiger partial charge on any atom is 0.267 e. The van der Waals surface area contributed by atoms with E-state index in [1.807, 2.05) is 20.8 Å². The van der Waals surface area contributed by atoms with Crippen LogP contribution < -0.4 is 5.48 Å². The van der Waals surface area contributed by atoms with Gasteiger partial charge in [0.25, 0.3) is 5.91 Å². The molecule has 0 heterocycles. The smallest absolute Gasteiger partial charge is 0.267 e. The molecule has 0 fully saturated rings. The Labute approximate surface area is 100 Å². The zero-order valence-corrected chi connectivity index (χ0v) is 10.2. The second-order valence-corrected chi connectivity index (χ2v) is 4.54. The largest absolute Gasteiger partial charge is 0.268 e. The van der Waals surface area contributed by atoms with Crippen molar-refractivity contribution in [3.8, 4) is 0 Å². The predicted molar refractivity (Wildman–Crippen MR) is 64.4 cm³/mol. The number of hydrogen-bond donors (Lipinski definition) is 1. The van der Waals surface area contributed by atoms with Crippen LogP contribution in [0.1, 0.15) is 26.3 Å². The van der Waals surface area contributed by atoms with Gasteiger partial charge in [-0.05, 0) is 32.9 Å². The van der Waals surface area contributed by atoms with Crippen molar-refractivity contribution in [3.05, 3.63) is 41.7 Å². The van der Waals surface area contributed by atoms with Crippen molar-refractivity contribution in [2.45, 2.75) is 26.4 Å². The molecule has 0 saturated heterocycles. The summed E-state index contributed by atoms with van der Waals surface area (Å²) in [4.78, 5) is 16.4. The topological polar surface area (TPSA) is 38.3 Å². The summed E-state index contributed by atoms with van der Waals surface area (Å²) >= 11 is 0. The zero-order valence-electron chi connectivity index (χ0n) is 10.2. The van der Waals surface area contributed by atoms with E-state index in [0.29, 0.717) is 5.56 Å². The van der Waals surface area contributed by atoms with Crippen LogP contribution in [0.15, 0.2) is 30.3 Å². The normalized spacial score (nSPS) is 11.8. The van der Waals surface area contributed by atoms with E-state index >= 15 is 0 Å². The van der Waals surface area contributed by atoms with Gasteiger partial charge < -0.3 is 0 Å². The van der Waals surface area contributed by atoms with E-state index in [2.05, 4.69) is 5.48 Å². The van der Waals surface area contributed by atoms with Crippen LogP contribution in [0.25, 0.3) is 6.08 Å². The number of amides is 1. The molecule has 0 aromatic heterocycles. The van der Waals surface area contributed by atoms with Crippen LogP contribution in [0.2, 0.25) is 0 Å². The lowest BCUT2D eigenvalue weighted by Gasteiger charge is -2.17. The number of carbonyl (C=O) groups is 1. The van der Waals surface area contributed by atoms with Gasteiger partial charge in [-0.25, -0.2) is 9.87 Å². The van der Waals surface area contributed by atoms with Crippen LogP contribution in [-0.2, 0) is 9.63 Å². The van der Waals surface area contributed by atoms with Crippen molar-refractivity contribution in [3.63, 3.8) is 0 Å². The minimum absolute atomic E-state index is 0.360. The third-order valence-corrected chi connectivity index (χ3v) is 1.78. The maximum atomic E-state index is 13.2. The van der Waals surface area contributed by atoms with E-state index in [4.69, 9.17) is 4.84 Å². The van der Waals surface area contributed by atoms with Crippen LogP contribution in [0.4, 0.5) is 4.39 Å². The fourth-order valence-electron chi connectivity index (χ4n) is 1.01. The number of hydrogen-bond acceptors (Lipinski definition) is 2. The molecule has 0 aliphatic heterocycles. The Bertz CT molecular complexity index is 422. The second kappa shape index (κ2) is 5.59. The summed E-state index contributed by atoms with van der Waals surface area (Å²) in [6, 6.07) is 6.22. The van der Waals surface area contributed by atoms with E-state index in [0.717, 1.165) is 0 Å². The van der Waals surface area contributed by atoms with Crippen molar-refractivity contribution < 1.29 is 14.0 Å². The molecule has 0 unspecified atom stereocenters. The summed E-state index contributed by atoms with van der Waals surface area (Å²) in [6.07, 6.45) is 2.63. The molecule has 0 aliphatic carbocycles. The monoisotopic (exact) mass is 237 g/mol. The molecule has 0 spiro atoms. The standard InChI is InChI=1S/C13H16FNO2/c1-13(2,3)17-15-12(16)9-8-10-6-4-5-7-11(10)14/h4-9H,1-3H3,(H,15,16)/b9-8+. The van der Waals surface area contributed by atoms with Crippen LogP contribution in [0, 0.1) is 5.82 Å². The SMILES string of the molecule is CC(C)(C)ONC(=O)/C=C/c1ccccc1F. The van der Waals surface area contributed by atoms with Crippen LogP contribution in [0.5, 0.6) is 0 Å². The first kappa shape index (κ1) is 13.4. The Morgan fingerprint density at radius 3 is 2.59 bits per heavy atom. The third kappa shape index (κ3) is 5.26. The van der Waals surface area contributed by atoms with Gasteiger partial charge >= 0.3 is 0 Å². The van der Waals surface area contributed by atoms with E-state index in [1.165, 1.54) is 18.2 Å². The molecule has 0 aliphatic rings. The molecule has 1 aromatic carbocycles. The first-order valence-corrected chi connectivity index (χ1v) is 5.29. The molecule has 1 amide bonds. The number of halogens is 1. The third-order valence-electron chi connectivity index (χ3n) is 1.78. The number of hydroxylamine groups is 1. The molecule has 92 valence electrons. The van der Waals surface area contributed by atoms with Crippen LogP contribution >= 0.6 is 0 Å². The molecule has 0 bridgehead atoms. The van der Waals surface area contributed by atoms with Crippen LogP contribution in [-0.4, -0.2) is 11.5 Å². The molecule has 0 saturated carbocycles. The summed E-state index contributed by atoms with van der Waals surface area (Å²) in [5, 5.41) is 0. The number of benzene rings is 1. The summed E-state index contributed by atoms with van der Waals surface area (Å²) < 4.78 is 13.2. The lowest BCUT2D eigenvalue weighted by Crippen LogP contribution is -2.32. The van der Waals surface area contributed by atoms with Crippen molar-refractivity contribution in [1.82, 2.24) is 5.48 Å². The molecule has 4 heteroatoms. The molecule has 3 nitrogen and oxygen atoms in total. The molecule has 1 aromatic rings. The first-order chi connectivity index (χ1) is 7.88. The summed E-state index contributed by atoms with van der Waals surface area (Å²) in [5.74, 6) is -0.795. The Morgan fingerprint density at radius 2 is 2.00 bits per heavy atom. The summed E-state index contributed by atoms with van der Waals surface area (Å²) in [5.41, 5.74) is 2.17. The lowest BCUT2D eigenvalue weighted by molar-refractivity contribution is -0.140. The number of rotatable bonds is 3. The van der Waals surface area contributed by atoms with Gasteiger partial charge in [0.15, 0.2) is 0 Å². The fourth-order valence-corrected chi connectivity index (χ4v) is 1.01. The van der Waals surface area contributed by atoms with Gasteiger partial charge in [-0.15, -0.1) is 0 Å². The Kier molecular flexibility index (Phi) is 4.40. The van der Waals surface area contributed by atoms with E-state index in [1.54, 1.807) is 18.2 Å². The highest BCUT2D eigenvalue weighted by Gasteiger charge is 2.11. The van der Waals surface area contributed by atoms with Gasteiger partial charge in [-0.1, -0.05) is 18.2 Å². The van der Waals surface area contributed by atoms with E-state index in [-0.39, 0.29) is 5.82 Å². The molecule has 1 N–H and O–H groups in total. The minimum Gasteiger partial charge on any atom is -0.268 e. The molecule has 1 rings (SSSR count). The van der Waals surface area contributed by atoms with Crippen molar-refractivity contribution in [1.29, 1.82) is 0 Å². The number of carbonyl (C=O) groups excluding carboxylic acids is 1. The van der Waals surface area contributed by atoms with Crippen molar-refractivity contribution >= 4 is 12.0 Å². The van der Waals surface area contributed by atoms with Gasteiger partial charge in [0, 0.05) is 11.6 Å². The molecule has 17 heavy (non-hydrogen) atoms. The van der Waals surface area contributed by atoms with E-state index in [9.17, 15) is 9.18 Å². The second-order valence-electron chi connectivity index (χ2n) is 4.54. The molecule has 0 atom stereocenters. The first-order valence-electron chi connectivity index (χ1n) is 5.29. The minimum atomic E-state index is -0.457. The quantitative estimate of drug-likeness (QED) is 0.648. The van der Waals surface area contributed by atoms with Gasteiger partial charge in [0.05, 0.1) is 5.60 Å². The van der Waals surface area contributed by atoms with Crippen LogP contribution in [0.3, 0.4) is 0 Å².